The maximum atomic E-state index is 13.0. The van der Waals surface area contributed by atoms with E-state index < -0.39 is 6.43 Å². The predicted octanol–water partition coefficient (Wildman–Crippen LogP) is 1.32. The van der Waals surface area contributed by atoms with Gasteiger partial charge in [-0.3, -0.25) is 0 Å². The molecule has 4 rings (SSSR count). The maximum Gasteiger partial charge on any atom is 0.282 e. The standard InChI is InChI=1S/C16H16F2N6O2/c17-16(18)11-1-2-14-19-6-13(24(14)22-11)12-5-15(21-9-20-12)23-3-4-26-10(7-23)8-25/h1-2,5-6,9-10,16,25H,3-4,7-8H2. The van der Waals surface area contributed by atoms with Crippen molar-refractivity contribution >= 4 is 11.5 Å². The number of ether oxygens (including phenoxy) is 1. The highest BCUT2D eigenvalue weighted by Gasteiger charge is 2.22. The summed E-state index contributed by atoms with van der Waals surface area (Å²) in [5.41, 5.74) is 1.15. The van der Waals surface area contributed by atoms with Gasteiger partial charge < -0.3 is 14.7 Å². The van der Waals surface area contributed by atoms with E-state index in [0.29, 0.717) is 42.5 Å². The van der Waals surface area contributed by atoms with E-state index in [9.17, 15) is 13.9 Å². The summed E-state index contributed by atoms with van der Waals surface area (Å²) in [6.45, 7) is 1.56. The van der Waals surface area contributed by atoms with Crippen molar-refractivity contribution in [3.05, 3.63) is 36.4 Å². The van der Waals surface area contributed by atoms with E-state index >= 15 is 0 Å². The fourth-order valence-electron chi connectivity index (χ4n) is 2.88. The van der Waals surface area contributed by atoms with Crippen LogP contribution in [0, 0.1) is 0 Å². The molecular formula is C16H16F2N6O2. The van der Waals surface area contributed by atoms with Crippen LogP contribution in [-0.4, -0.2) is 62.1 Å². The number of rotatable bonds is 4. The Morgan fingerprint density at radius 2 is 2.15 bits per heavy atom. The van der Waals surface area contributed by atoms with Gasteiger partial charge in [0.15, 0.2) is 5.65 Å². The third kappa shape index (κ3) is 3.08. The number of anilines is 1. The van der Waals surface area contributed by atoms with Gasteiger partial charge in [0.25, 0.3) is 6.43 Å². The molecule has 1 N–H and O–H groups in total. The third-order valence-corrected chi connectivity index (χ3v) is 4.19. The number of hydrogen-bond donors (Lipinski definition) is 1. The summed E-state index contributed by atoms with van der Waals surface area (Å²) in [4.78, 5) is 14.7. The molecule has 1 atom stereocenters. The second-order valence-electron chi connectivity index (χ2n) is 5.86. The largest absolute Gasteiger partial charge is 0.394 e. The average Bonchev–Trinajstić information content (AvgIpc) is 3.11. The molecule has 1 unspecified atom stereocenters. The van der Waals surface area contributed by atoms with Gasteiger partial charge in [0.1, 0.15) is 23.5 Å². The molecule has 0 aliphatic carbocycles. The number of aliphatic hydroxyl groups is 1. The highest BCUT2D eigenvalue weighted by Crippen LogP contribution is 2.24. The highest BCUT2D eigenvalue weighted by molar-refractivity contribution is 5.62. The Morgan fingerprint density at radius 3 is 2.96 bits per heavy atom. The van der Waals surface area contributed by atoms with Gasteiger partial charge >= 0.3 is 0 Å². The highest BCUT2D eigenvalue weighted by atomic mass is 19.3. The Labute approximate surface area is 147 Å². The van der Waals surface area contributed by atoms with E-state index in [2.05, 4.69) is 20.1 Å². The predicted molar refractivity (Wildman–Crippen MR) is 88.0 cm³/mol. The molecule has 0 amide bonds. The van der Waals surface area contributed by atoms with E-state index in [4.69, 9.17) is 4.74 Å². The lowest BCUT2D eigenvalue weighted by Crippen LogP contribution is -2.44. The van der Waals surface area contributed by atoms with Crippen molar-refractivity contribution in [1.82, 2.24) is 24.6 Å². The molecule has 0 spiro atoms. The van der Waals surface area contributed by atoms with Crippen molar-refractivity contribution in [2.75, 3.05) is 31.2 Å². The van der Waals surface area contributed by atoms with Crippen molar-refractivity contribution in [2.45, 2.75) is 12.5 Å². The van der Waals surface area contributed by atoms with E-state index in [0.717, 1.165) is 0 Å². The molecule has 0 radical (unpaired) electrons. The Hall–Kier alpha value is -2.72. The van der Waals surface area contributed by atoms with Gasteiger partial charge in [-0.1, -0.05) is 0 Å². The number of imidazole rings is 1. The number of nitrogens with zero attached hydrogens (tertiary/aromatic N) is 6. The Morgan fingerprint density at radius 1 is 1.27 bits per heavy atom. The number of alkyl halides is 2. The van der Waals surface area contributed by atoms with Gasteiger partial charge in [-0.25, -0.2) is 28.2 Å². The molecule has 1 saturated heterocycles. The van der Waals surface area contributed by atoms with Gasteiger partial charge in [0.05, 0.1) is 31.2 Å². The number of aromatic nitrogens is 5. The van der Waals surface area contributed by atoms with E-state index in [-0.39, 0.29) is 18.4 Å². The molecule has 10 heteroatoms. The van der Waals surface area contributed by atoms with Crippen molar-refractivity contribution in [3.63, 3.8) is 0 Å². The van der Waals surface area contributed by atoms with E-state index in [1.807, 2.05) is 4.90 Å². The van der Waals surface area contributed by atoms with E-state index in [1.54, 1.807) is 12.3 Å². The zero-order valence-corrected chi connectivity index (χ0v) is 13.7. The summed E-state index contributed by atoms with van der Waals surface area (Å²) in [5.74, 6) is 0.664. The summed E-state index contributed by atoms with van der Waals surface area (Å²) in [6, 6.07) is 4.50. The first-order valence-electron chi connectivity index (χ1n) is 8.08. The molecule has 136 valence electrons. The lowest BCUT2D eigenvalue weighted by molar-refractivity contribution is 0.00336. The van der Waals surface area contributed by atoms with Crippen LogP contribution in [0.2, 0.25) is 0 Å². The summed E-state index contributed by atoms with van der Waals surface area (Å²) in [5, 5.41) is 13.2. The summed E-state index contributed by atoms with van der Waals surface area (Å²) >= 11 is 0. The normalized spacial score (nSPS) is 18.0. The molecule has 26 heavy (non-hydrogen) atoms. The number of morpholine rings is 1. The number of halogens is 2. The Bertz CT molecular complexity index is 919. The monoisotopic (exact) mass is 362 g/mol. The number of aliphatic hydroxyl groups excluding tert-OH is 1. The molecule has 1 aliphatic heterocycles. The second kappa shape index (κ2) is 6.89. The Kier molecular flexibility index (Phi) is 4.43. The minimum atomic E-state index is -2.67. The van der Waals surface area contributed by atoms with Gasteiger partial charge in [0.2, 0.25) is 0 Å². The SMILES string of the molecule is OCC1CN(c2cc(-c3cnc4ccc(C(F)F)nn34)ncn2)CCO1. The fraction of sp³-hybridized carbons (Fsp3) is 0.375. The average molecular weight is 362 g/mol. The zero-order valence-electron chi connectivity index (χ0n) is 13.7. The summed E-state index contributed by atoms with van der Waals surface area (Å²) in [7, 11) is 0. The summed E-state index contributed by atoms with van der Waals surface area (Å²) < 4.78 is 32.7. The lowest BCUT2D eigenvalue weighted by atomic mass is 10.2. The van der Waals surface area contributed by atoms with Crippen LogP contribution < -0.4 is 4.90 Å². The fourth-order valence-corrected chi connectivity index (χ4v) is 2.88. The van der Waals surface area contributed by atoms with Gasteiger partial charge in [-0.15, -0.1) is 0 Å². The molecule has 8 nitrogen and oxygen atoms in total. The maximum absolute atomic E-state index is 13.0. The smallest absolute Gasteiger partial charge is 0.282 e. The van der Waals surface area contributed by atoms with Crippen LogP contribution in [-0.2, 0) is 4.74 Å². The first kappa shape index (κ1) is 16.7. The molecule has 1 fully saturated rings. The molecule has 0 bridgehead atoms. The van der Waals surface area contributed by atoms with Crippen LogP contribution in [0.3, 0.4) is 0 Å². The lowest BCUT2D eigenvalue weighted by Gasteiger charge is -2.32. The van der Waals surface area contributed by atoms with Crippen LogP contribution in [0.5, 0.6) is 0 Å². The van der Waals surface area contributed by atoms with Crippen LogP contribution in [0.4, 0.5) is 14.6 Å². The van der Waals surface area contributed by atoms with Crippen LogP contribution in [0.15, 0.2) is 30.7 Å². The number of fused-ring (bicyclic) bond motifs is 1. The molecule has 0 aromatic carbocycles. The minimum Gasteiger partial charge on any atom is -0.394 e. The molecule has 3 aromatic heterocycles. The first-order valence-corrected chi connectivity index (χ1v) is 8.08. The van der Waals surface area contributed by atoms with Crippen molar-refractivity contribution in [3.8, 4) is 11.4 Å². The topological polar surface area (TPSA) is 88.7 Å². The van der Waals surface area contributed by atoms with Crippen molar-refractivity contribution in [1.29, 1.82) is 0 Å². The molecule has 4 heterocycles. The van der Waals surface area contributed by atoms with Crippen LogP contribution >= 0.6 is 0 Å². The minimum absolute atomic E-state index is 0.0674. The van der Waals surface area contributed by atoms with E-state index in [1.165, 1.54) is 23.0 Å². The second-order valence-corrected chi connectivity index (χ2v) is 5.86. The van der Waals surface area contributed by atoms with Crippen LogP contribution in [0.1, 0.15) is 12.1 Å². The van der Waals surface area contributed by atoms with Gasteiger partial charge in [-0.2, -0.15) is 5.10 Å². The third-order valence-electron chi connectivity index (χ3n) is 4.19. The quantitative estimate of drug-likeness (QED) is 0.749. The van der Waals surface area contributed by atoms with Crippen molar-refractivity contribution < 1.29 is 18.6 Å². The van der Waals surface area contributed by atoms with Gasteiger partial charge in [0, 0.05) is 19.2 Å². The Balaban J connectivity index is 1.70. The van der Waals surface area contributed by atoms with Gasteiger partial charge in [-0.05, 0) is 12.1 Å². The first-order chi connectivity index (χ1) is 12.7. The molecule has 1 aliphatic rings. The zero-order chi connectivity index (χ0) is 18.1. The summed E-state index contributed by atoms with van der Waals surface area (Å²) in [6.07, 6.45) is 0.0110. The molecular weight excluding hydrogens is 346 g/mol. The molecule has 3 aromatic rings. The molecule has 0 saturated carbocycles. The van der Waals surface area contributed by atoms with Crippen LogP contribution in [0.25, 0.3) is 17.0 Å². The van der Waals surface area contributed by atoms with Crippen molar-refractivity contribution in [2.24, 2.45) is 0 Å². The number of hydrogen-bond acceptors (Lipinski definition) is 7.